The van der Waals surface area contributed by atoms with Gasteiger partial charge in [0, 0.05) is 0 Å². The topological polar surface area (TPSA) is 0 Å². The van der Waals surface area contributed by atoms with E-state index in [1.54, 1.807) is 24.6 Å². The molecule has 0 aliphatic rings. The maximum atomic E-state index is 4.72. The van der Waals surface area contributed by atoms with Crippen LogP contribution in [0.2, 0.25) is 0 Å². The summed E-state index contributed by atoms with van der Waals surface area (Å²) in [6.07, 6.45) is 47.0. The molecule has 0 aliphatic carbocycles. The van der Waals surface area contributed by atoms with Gasteiger partial charge in [-0.05, 0) is 0 Å². The van der Waals surface area contributed by atoms with Gasteiger partial charge in [-0.15, -0.1) is 0 Å². The zero-order chi connectivity index (χ0) is 28.1. The Bertz CT molecular complexity index is 428. The molecule has 0 nitrogen and oxygen atoms in total. The molecule has 0 saturated carbocycles. The Morgan fingerprint density at radius 2 is 0.421 bits per heavy atom. The van der Waals surface area contributed by atoms with E-state index < -0.39 is 5.31 Å². The van der Waals surface area contributed by atoms with Crippen molar-refractivity contribution in [3.63, 3.8) is 0 Å². The van der Waals surface area contributed by atoms with Crippen LogP contribution in [0.5, 0.6) is 0 Å². The number of halogens is 1. The summed E-state index contributed by atoms with van der Waals surface area (Å²) >= 11 is 4.72. The first-order chi connectivity index (χ1) is 18.5. The van der Waals surface area contributed by atoms with Crippen LogP contribution in [0.25, 0.3) is 0 Å². The van der Waals surface area contributed by atoms with E-state index in [0.29, 0.717) is 0 Å². The number of unbranched alkanes of at least 4 members (excludes halogenated alkanes) is 24. The molecule has 0 spiro atoms. The van der Waals surface area contributed by atoms with E-state index in [0.717, 1.165) is 0 Å². The zero-order valence-electron chi connectivity index (χ0n) is 27.5. The van der Waals surface area contributed by atoms with Gasteiger partial charge in [0.25, 0.3) is 0 Å². The van der Waals surface area contributed by atoms with E-state index >= 15 is 0 Å². The molecule has 0 atom stereocenters. The summed E-state index contributed by atoms with van der Waals surface area (Å²) in [5, 5.41) is -1.74. The zero-order valence-corrected chi connectivity index (χ0v) is 29.9. The van der Waals surface area contributed by atoms with Crippen molar-refractivity contribution in [3.05, 3.63) is 0 Å². The van der Waals surface area contributed by atoms with Crippen molar-refractivity contribution in [1.29, 1.82) is 0 Å². The Morgan fingerprint density at radius 1 is 0.263 bits per heavy atom. The van der Waals surface area contributed by atoms with Crippen LogP contribution in [-0.4, -0.2) is 24.6 Å². The fourth-order valence-corrected chi connectivity index (χ4v) is 14.9. The predicted molar refractivity (Wildman–Crippen MR) is 187 cm³/mol. The summed E-state index contributed by atoms with van der Waals surface area (Å²) in [5.41, 5.74) is 0. The fourth-order valence-electron chi connectivity index (χ4n) is 6.53. The first-order valence-corrected chi connectivity index (χ1v) is 23.3. The molecule has 2 heteroatoms. The van der Waals surface area contributed by atoms with Crippen molar-refractivity contribution in [1.82, 2.24) is 0 Å². The van der Waals surface area contributed by atoms with E-state index in [2.05, 4.69) is 27.7 Å². The molecule has 0 aliphatic heterocycles. The molecule has 0 amide bonds. The number of rotatable bonds is 32. The standard InChI is InChI=1S/C36H76BrP/c1-5-9-13-17-18-19-20-21-22-23-24-25-26-27-28-32-36-38(37,33-29-14-10-6-2,34-30-15-11-7-3)35-31-16-12-8-4/h5-36H2,1-4H3. The summed E-state index contributed by atoms with van der Waals surface area (Å²) in [4.78, 5) is 0. The van der Waals surface area contributed by atoms with Crippen molar-refractivity contribution < 1.29 is 0 Å². The Labute approximate surface area is 252 Å². The number of hydrogen-bond donors (Lipinski definition) is 0. The third-order valence-electron chi connectivity index (χ3n) is 9.28. The summed E-state index contributed by atoms with van der Waals surface area (Å²) in [6.45, 7) is 9.40. The van der Waals surface area contributed by atoms with Gasteiger partial charge in [-0.25, -0.2) is 0 Å². The van der Waals surface area contributed by atoms with Crippen molar-refractivity contribution in [3.8, 4) is 0 Å². The summed E-state index contributed by atoms with van der Waals surface area (Å²) in [7, 11) is 0. The van der Waals surface area contributed by atoms with Crippen LogP contribution in [0.4, 0.5) is 0 Å². The maximum absolute atomic E-state index is 4.72. The summed E-state index contributed by atoms with van der Waals surface area (Å²) in [5.74, 6) is 0. The third-order valence-corrected chi connectivity index (χ3v) is 19.3. The second kappa shape index (κ2) is 28.0. The summed E-state index contributed by atoms with van der Waals surface area (Å²) < 4.78 is 0. The molecule has 0 N–H and O–H groups in total. The van der Waals surface area contributed by atoms with Crippen LogP contribution in [0.1, 0.15) is 207 Å². The van der Waals surface area contributed by atoms with Gasteiger partial charge in [0.15, 0.2) is 0 Å². The average molecular weight is 620 g/mol. The molecular weight excluding hydrogens is 543 g/mol. The SMILES string of the molecule is CCCCCCCCCCCCCCCCCCP(Br)(CCCCCC)(CCCCCC)CCCCCC. The van der Waals surface area contributed by atoms with Crippen LogP contribution in [0, 0.1) is 0 Å². The quantitative estimate of drug-likeness (QED) is 0.0519. The number of hydrogen-bond acceptors (Lipinski definition) is 0. The average Bonchev–Trinajstić information content (AvgIpc) is 2.92. The Hall–Kier alpha value is 0.910. The van der Waals surface area contributed by atoms with Crippen molar-refractivity contribution in [2.24, 2.45) is 0 Å². The molecule has 0 heterocycles. The fraction of sp³-hybridized carbons (Fsp3) is 1.00. The Morgan fingerprint density at radius 3 is 0.632 bits per heavy atom. The molecule has 38 heavy (non-hydrogen) atoms. The van der Waals surface area contributed by atoms with E-state index in [4.69, 9.17) is 15.5 Å². The molecular formula is C36H76BrP. The van der Waals surface area contributed by atoms with E-state index in [-0.39, 0.29) is 0 Å². The van der Waals surface area contributed by atoms with Crippen LogP contribution in [-0.2, 0) is 0 Å². The molecule has 0 fully saturated rings. The molecule has 0 aromatic heterocycles. The second-order valence-electron chi connectivity index (χ2n) is 13.2. The predicted octanol–water partition coefficient (Wildman–Crippen LogP) is 14.9. The Balaban J connectivity index is 4.32. The first-order valence-electron chi connectivity index (χ1n) is 18.3. The van der Waals surface area contributed by atoms with Crippen LogP contribution in [0.3, 0.4) is 0 Å². The van der Waals surface area contributed by atoms with Crippen LogP contribution < -0.4 is 0 Å². The van der Waals surface area contributed by atoms with Gasteiger partial charge in [0.1, 0.15) is 0 Å². The van der Waals surface area contributed by atoms with Crippen molar-refractivity contribution >= 4 is 20.8 Å². The van der Waals surface area contributed by atoms with E-state index in [1.165, 1.54) is 180 Å². The molecule has 0 aromatic rings. The molecule has 232 valence electrons. The molecule has 0 saturated heterocycles. The monoisotopic (exact) mass is 618 g/mol. The van der Waals surface area contributed by atoms with E-state index in [1.807, 2.05) is 0 Å². The Kier molecular flexibility index (Phi) is 28.7. The summed E-state index contributed by atoms with van der Waals surface area (Å²) in [6, 6.07) is 0. The molecule has 0 bridgehead atoms. The van der Waals surface area contributed by atoms with Gasteiger partial charge in [-0.3, -0.25) is 0 Å². The molecule has 0 unspecified atom stereocenters. The minimum absolute atomic E-state index is 1.37. The van der Waals surface area contributed by atoms with Gasteiger partial charge in [-0.1, -0.05) is 39.0 Å². The minimum atomic E-state index is -1.74. The molecule has 0 radical (unpaired) electrons. The van der Waals surface area contributed by atoms with Crippen LogP contribution in [0.15, 0.2) is 0 Å². The molecule has 0 aromatic carbocycles. The first kappa shape index (κ1) is 38.9. The van der Waals surface area contributed by atoms with Gasteiger partial charge in [-0.2, -0.15) is 0 Å². The van der Waals surface area contributed by atoms with E-state index in [9.17, 15) is 0 Å². The second-order valence-corrected chi connectivity index (χ2v) is 24.6. The van der Waals surface area contributed by atoms with Crippen molar-refractivity contribution in [2.45, 2.75) is 207 Å². The normalized spacial score (nSPS) is 13.1. The van der Waals surface area contributed by atoms with Crippen LogP contribution >= 0.6 is 20.8 Å². The van der Waals surface area contributed by atoms with Gasteiger partial charge in [0.05, 0.1) is 0 Å². The third kappa shape index (κ3) is 23.6. The van der Waals surface area contributed by atoms with Gasteiger partial charge >= 0.3 is 214 Å². The molecule has 0 rings (SSSR count). The van der Waals surface area contributed by atoms with Gasteiger partial charge < -0.3 is 0 Å². The van der Waals surface area contributed by atoms with Gasteiger partial charge in [0.2, 0.25) is 0 Å². The van der Waals surface area contributed by atoms with Crippen molar-refractivity contribution in [2.75, 3.05) is 24.6 Å².